The van der Waals surface area contributed by atoms with Crippen LogP contribution in [0.1, 0.15) is 17.9 Å². The van der Waals surface area contributed by atoms with Crippen molar-refractivity contribution in [2.45, 2.75) is 15.6 Å². The minimum atomic E-state index is 0.130. The first kappa shape index (κ1) is 9.04. The molecule has 0 bridgehead atoms. The van der Waals surface area contributed by atoms with E-state index in [1.165, 1.54) is 5.56 Å². The van der Waals surface area contributed by atoms with E-state index in [0.717, 1.165) is 11.4 Å². The molecular formula is C9H7Br2Cl. The van der Waals surface area contributed by atoms with Gasteiger partial charge in [0.1, 0.15) is 0 Å². The van der Waals surface area contributed by atoms with Gasteiger partial charge in [-0.3, -0.25) is 0 Å². The summed E-state index contributed by atoms with van der Waals surface area (Å²) in [6.07, 6.45) is 1.13. The Morgan fingerprint density at radius 1 is 1.42 bits per heavy atom. The lowest BCUT2D eigenvalue weighted by Crippen LogP contribution is -1.87. The van der Waals surface area contributed by atoms with Gasteiger partial charge < -0.3 is 0 Å². The molecule has 1 aromatic rings. The number of rotatable bonds is 1. The topological polar surface area (TPSA) is 0 Å². The van der Waals surface area contributed by atoms with E-state index in [1.54, 1.807) is 0 Å². The Morgan fingerprint density at radius 3 is 2.58 bits per heavy atom. The quantitative estimate of drug-likeness (QED) is 0.678. The molecule has 1 aliphatic carbocycles. The van der Waals surface area contributed by atoms with Crippen LogP contribution in [0.2, 0.25) is 5.02 Å². The number of benzene rings is 1. The van der Waals surface area contributed by atoms with Gasteiger partial charge in [0.05, 0.1) is 3.23 Å². The molecule has 1 atom stereocenters. The minimum absolute atomic E-state index is 0.130. The molecule has 64 valence electrons. The molecule has 0 heterocycles. The molecule has 1 aliphatic rings. The largest absolute Gasteiger partial charge is 0.0881 e. The summed E-state index contributed by atoms with van der Waals surface area (Å²) in [6.45, 7) is 0. The second kappa shape index (κ2) is 3.00. The average Bonchev–Trinajstić information content (AvgIpc) is 2.60. The van der Waals surface area contributed by atoms with E-state index in [0.29, 0.717) is 5.92 Å². The predicted octanol–water partition coefficient (Wildman–Crippen LogP) is 4.31. The SMILES string of the molecule is Clc1cccc([C@H]2CC2(Br)Br)c1. The van der Waals surface area contributed by atoms with E-state index < -0.39 is 0 Å². The number of alkyl halides is 2. The Kier molecular flexibility index (Phi) is 2.26. The highest BCUT2D eigenvalue weighted by atomic mass is 79.9. The summed E-state index contributed by atoms with van der Waals surface area (Å²) in [5.74, 6) is 0.566. The normalized spacial score (nSPS) is 25.4. The summed E-state index contributed by atoms with van der Waals surface area (Å²) in [7, 11) is 0. The summed E-state index contributed by atoms with van der Waals surface area (Å²) in [5, 5.41) is 0.815. The lowest BCUT2D eigenvalue weighted by atomic mass is 10.1. The van der Waals surface area contributed by atoms with Crippen molar-refractivity contribution in [2.24, 2.45) is 0 Å². The van der Waals surface area contributed by atoms with Crippen LogP contribution in [0.4, 0.5) is 0 Å². The average molecular weight is 310 g/mol. The fraction of sp³-hybridized carbons (Fsp3) is 0.333. The Bertz CT molecular complexity index is 309. The molecule has 2 rings (SSSR count). The van der Waals surface area contributed by atoms with Crippen molar-refractivity contribution < 1.29 is 0 Å². The van der Waals surface area contributed by atoms with Crippen molar-refractivity contribution in [2.75, 3.05) is 0 Å². The molecule has 0 nitrogen and oxygen atoms in total. The number of halogens is 3. The second-order valence-electron chi connectivity index (χ2n) is 3.07. The molecule has 1 saturated carbocycles. The first-order valence-electron chi connectivity index (χ1n) is 3.73. The smallest absolute Gasteiger partial charge is 0.0843 e. The van der Waals surface area contributed by atoms with Gasteiger partial charge in [-0.15, -0.1) is 0 Å². The van der Waals surface area contributed by atoms with Gasteiger partial charge in [-0.25, -0.2) is 0 Å². The summed E-state index contributed by atoms with van der Waals surface area (Å²) in [5.41, 5.74) is 1.30. The summed E-state index contributed by atoms with van der Waals surface area (Å²) >= 11 is 13.1. The van der Waals surface area contributed by atoms with Crippen molar-refractivity contribution in [1.29, 1.82) is 0 Å². The Balaban J connectivity index is 2.26. The first-order valence-corrected chi connectivity index (χ1v) is 5.69. The first-order chi connectivity index (χ1) is 5.59. The van der Waals surface area contributed by atoms with Crippen LogP contribution in [0, 0.1) is 0 Å². The van der Waals surface area contributed by atoms with Gasteiger partial charge >= 0.3 is 0 Å². The van der Waals surface area contributed by atoms with Crippen LogP contribution >= 0.6 is 43.5 Å². The van der Waals surface area contributed by atoms with Crippen molar-refractivity contribution in [3.05, 3.63) is 34.9 Å². The highest BCUT2D eigenvalue weighted by molar-refractivity contribution is 9.25. The lowest BCUT2D eigenvalue weighted by molar-refractivity contribution is 1.13. The molecule has 0 amide bonds. The van der Waals surface area contributed by atoms with Crippen LogP contribution < -0.4 is 0 Å². The maximum atomic E-state index is 5.88. The number of hydrogen-bond acceptors (Lipinski definition) is 0. The molecule has 0 saturated heterocycles. The van der Waals surface area contributed by atoms with Gasteiger partial charge in [0.25, 0.3) is 0 Å². The van der Waals surface area contributed by atoms with E-state index in [1.807, 2.05) is 18.2 Å². The van der Waals surface area contributed by atoms with E-state index in [-0.39, 0.29) is 3.23 Å². The van der Waals surface area contributed by atoms with Crippen molar-refractivity contribution in [1.82, 2.24) is 0 Å². The zero-order valence-corrected chi connectivity index (χ0v) is 10.2. The van der Waals surface area contributed by atoms with E-state index >= 15 is 0 Å². The molecule has 0 unspecified atom stereocenters. The van der Waals surface area contributed by atoms with Gasteiger partial charge in [-0.1, -0.05) is 55.6 Å². The Labute approximate surface area is 93.6 Å². The lowest BCUT2D eigenvalue weighted by Gasteiger charge is -2.00. The molecule has 12 heavy (non-hydrogen) atoms. The Hall–Kier alpha value is 0.470. The minimum Gasteiger partial charge on any atom is -0.0843 e. The Morgan fingerprint density at radius 2 is 2.08 bits per heavy atom. The van der Waals surface area contributed by atoms with Gasteiger partial charge in [0.2, 0.25) is 0 Å². The summed E-state index contributed by atoms with van der Waals surface area (Å²) in [4.78, 5) is 0. The molecule has 0 radical (unpaired) electrons. The molecule has 0 aromatic heterocycles. The predicted molar refractivity (Wildman–Crippen MR) is 59.4 cm³/mol. The summed E-state index contributed by atoms with van der Waals surface area (Å²) < 4.78 is 0.130. The zero-order valence-electron chi connectivity index (χ0n) is 6.23. The monoisotopic (exact) mass is 308 g/mol. The van der Waals surface area contributed by atoms with Crippen molar-refractivity contribution >= 4 is 43.5 Å². The molecule has 0 spiro atoms. The molecule has 1 aromatic carbocycles. The maximum Gasteiger partial charge on any atom is 0.0881 e. The third kappa shape index (κ3) is 1.70. The third-order valence-corrected chi connectivity index (χ3v) is 4.06. The summed E-state index contributed by atoms with van der Waals surface area (Å²) in [6, 6.07) is 8.03. The second-order valence-corrected chi connectivity index (χ2v) is 7.40. The molecule has 1 fully saturated rings. The van der Waals surface area contributed by atoms with Gasteiger partial charge in [-0.05, 0) is 24.1 Å². The van der Waals surface area contributed by atoms with Crippen LogP contribution in [0.15, 0.2) is 24.3 Å². The fourth-order valence-electron chi connectivity index (χ4n) is 1.30. The van der Waals surface area contributed by atoms with Gasteiger partial charge in [-0.2, -0.15) is 0 Å². The third-order valence-electron chi connectivity index (χ3n) is 2.08. The van der Waals surface area contributed by atoms with Crippen molar-refractivity contribution in [3.8, 4) is 0 Å². The van der Waals surface area contributed by atoms with E-state index in [4.69, 9.17) is 11.6 Å². The molecule has 0 aliphatic heterocycles. The fourth-order valence-corrected chi connectivity index (χ4v) is 2.67. The van der Waals surface area contributed by atoms with E-state index in [9.17, 15) is 0 Å². The standard InChI is InChI=1S/C9H7Br2Cl/c10-9(11)5-8(9)6-2-1-3-7(12)4-6/h1-4,8H,5H2/t8-/m1/s1. The zero-order chi connectivity index (χ0) is 8.77. The molecule has 0 N–H and O–H groups in total. The highest BCUT2D eigenvalue weighted by Crippen LogP contribution is 2.62. The molecule has 3 heteroatoms. The van der Waals surface area contributed by atoms with Crippen LogP contribution in [0.25, 0.3) is 0 Å². The maximum absolute atomic E-state index is 5.88. The van der Waals surface area contributed by atoms with Crippen molar-refractivity contribution in [3.63, 3.8) is 0 Å². The van der Waals surface area contributed by atoms with Gasteiger partial charge in [0.15, 0.2) is 0 Å². The highest BCUT2D eigenvalue weighted by Gasteiger charge is 2.50. The van der Waals surface area contributed by atoms with Gasteiger partial charge in [0, 0.05) is 10.9 Å². The number of hydrogen-bond donors (Lipinski definition) is 0. The van der Waals surface area contributed by atoms with Crippen LogP contribution in [0.3, 0.4) is 0 Å². The van der Waals surface area contributed by atoms with Crippen LogP contribution in [-0.4, -0.2) is 3.23 Å². The van der Waals surface area contributed by atoms with E-state index in [2.05, 4.69) is 37.9 Å². The molecular weight excluding hydrogens is 303 g/mol. The van der Waals surface area contributed by atoms with Crippen LogP contribution in [0.5, 0.6) is 0 Å². The van der Waals surface area contributed by atoms with Crippen LogP contribution in [-0.2, 0) is 0 Å².